The summed E-state index contributed by atoms with van der Waals surface area (Å²) in [6, 6.07) is 15.2. The largest absolute Gasteiger partial charge is 0.147 e. The van der Waals surface area contributed by atoms with Gasteiger partial charge in [0.1, 0.15) is 0 Å². The molecule has 0 bridgehead atoms. The fraction of sp³-hybridized carbons (Fsp3) is 0.433. The summed E-state index contributed by atoms with van der Waals surface area (Å²) in [6.45, 7) is 19.9. The van der Waals surface area contributed by atoms with Crippen molar-refractivity contribution >= 4 is 28.0 Å². The van der Waals surface area contributed by atoms with E-state index in [0.717, 1.165) is 12.8 Å². The molecule has 2 aliphatic carbocycles. The van der Waals surface area contributed by atoms with Gasteiger partial charge in [0.25, 0.3) is 0 Å². The van der Waals surface area contributed by atoms with E-state index in [0.29, 0.717) is 0 Å². The zero-order valence-electron chi connectivity index (χ0n) is 21.8. The van der Waals surface area contributed by atoms with Crippen molar-refractivity contribution in [3.8, 4) is 11.1 Å². The molecule has 0 nitrogen and oxygen atoms in total. The van der Waals surface area contributed by atoms with E-state index >= 15 is 0 Å². The Bertz CT molecular complexity index is 931. The van der Waals surface area contributed by atoms with Crippen LogP contribution in [0.2, 0.25) is 0 Å². The molecule has 33 heavy (non-hydrogen) atoms. The average molecular weight is 563 g/mol. The molecule has 0 heterocycles. The van der Waals surface area contributed by atoms with Gasteiger partial charge in [-0.05, 0) is 28.4 Å². The van der Waals surface area contributed by atoms with E-state index < -0.39 is 0 Å². The van der Waals surface area contributed by atoms with E-state index in [9.17, 15) is 0 Å². The summed E-state index contributed by atoms with van der Waals surface area (Å²) in [5.41, 5.74) is 10.0. The van der Waals surface area contributed by atoms with E-state index in [1.165, 1.54) is 42.2 Å². The van der Waals surface area contributed by atoms with Gasteiger partial charge in [0.15, 0.2) is 0 Å². The van der Waals surface area contributed by atoms with Gasteiger partial charge in [-0.25, -0.2) is 11.6 Å². The molecule has 4 rings (SSSR count). The monoisotopic (exact) mass is 560 g/mol. The van der Waals surface area contributed by atoms with Crippen molar-refractivity contribution in [3.63, 3.8) is 0 Å². The Labute approximate surface area is 230 Å². The Balaban J connectivity index is 0.000000718. The van der Waals surface area contributed by atoms with Crippen LogP contribution < -0.4 is 0 Å². The Kier molecular flexibility index (Phi) is 13.1. The summed E-state index contributed by atoms with van der Waals surface area (Å²) in [4.78, 5) is 0. The first-order valence-corrected chi connectivity index (χ1v) is 12.5. The minimum Gasteiger partial charge on any atom is -0.147 e. The van der Waals surface area contributed by atoms with Crippen LogP contribution >= 0.6 is 24.8 Å². The van der Waals surface area contributed by atoms with Crippen molar-refractivity contribution in [2.75, 3.05) is 0 Å². The molecule has 0 amide bonds. The smallest absolute Gasteiger partial charge is 0.147 e. The third-order valence-corrected chi connectivity index (χ3v) is 5.34. The van der Waals surface area contributed by atoms with Crippen LogP contribution in [0.1, 0.15) is 91.0 Å². The molecule has 0 aliphatic heterocycles. The van der Waals surface area contributed by atoms with Gasteiger partial charge in [-0.15, -0.1) is 49.3 Å². The van der Waals surface area contributed by atoms with Crippen LogP contribution in [0, 0.1) is 12.1 Å². The normalized spacial score (nSPS) is 13.1. The summed E-state index contributed by atoms with van der Waals surface area (Å²) in [5.74, 6) is 0. The van der Waals surface area contributed by atoms with Gasteiger partial charge in [-0.2, -0.15) is 29.8 Å². The molecule has 0 unspecified atom stereocenters. The molecule has 2 aromatic carbocycles. The summed E-state index contributed by atoms with van der Waals surface area (Å²) in [6.07, 6.45) is 9.27. The zero-order valence-corrected chi connectivity index (χ0v) is 25.9. The Morgan fingerprint density at radius 2 is 1.45 bits per heavy atom. The number of benzene rings is 2. The van der Waals surface area contributed by atoms with Crippen molar-refractivity contribution in [2.45, 2.75) is 86.0 Å². The number of fused-ring (bicyclic) bond motifs is 3. The Hall–Kier alpha value is -0.747. The van der Waals surface area contributed by atoms with E-state index in [2.05, 4.69) is 111 Å². The van der Waals surface area contributed by atoms with Gasteiger partial charge in [0, 0.05) is 0 Å². The first-order valence-electron chi connectivity index (χ1n) is 11.2. The van der Waals surface area contributed by atoms with Crippen molar-refractivity contribution in [1.29, 1.82) is 0 Å². The number of halogens is 2. The molecular formula is C30H40Cl2Zr. The van der Waals surface area contributed by atoms with Crippen LogP contribution in [0.25, 0.3) is 11.1 Å². The molecule has 2 aliphatic rings. The van der Waals surface area contributed by atoms with E-state index in [1.54, 1.807) is 24.2 Å². The summed E-state index contributed by atoms with van der Waals surface area (Å²) in [5, 5.41) is 0. The van der Waals surface area contributed by atoms with Crippen LogP contribution in [-0.2, 0) is 41.5 Å². The quantitative estimate of drug-likeness (QED) is 0.240. The molecule has 0 saturated heterocycles. The molecule has 0 fully saturated rings. The van der Waals surface area contributed by atoms with Crippen molar-refractivity contribution in [1.82, 2.24) is 0 Å². The van der Waals surface area contributed by atoms with Gasteiger partial charge in [-0.1, -0.05) is 65.3 Å². The second-order valence-corrected chi connectivity index (χ2v) is 13.3. The second kappa shape index (κ2) is 13.4. The van der Waals surface area contributed by atoms with Gasteiger partial charge < -0.3 is 0 Å². The van der Waals surface area contributed by atoms with Crippen molar-refractivity contribution in [3.05, 3.63) is 82.5 Å². The predicted molar refractivity (Wildman–Crippen MR) is 148 cm³/mol. The molecule has 0 spiro atoms. The fourth-order valence-corrected chi connectivity index (χ4v) is 3.53. The van der Waals surface area contributed by atoms with Crippen LogP contribution in [0.15, 0.2) is 48.1 Å². The fourth-order valence-electron chi connectivity index (χ4n) is 3.53. The molecule has 3 heteroatoms. The van der Waals surface area contributed by atoms with Crippen molar-refractivity contribution < 1.29 is 24.2 Å². The molecule has 0 radical (unpaired) electrons. The summed E-state index contributed by atoms with van der Waals surface area (Å²) >= 11 is 1.55. The van der Waals surface area contributed by atoms with E-state index in [-0.39, 0.29) is 35.6 Å². The Morgan fingerprint density at radius 3 is 1.88 bits per heavy atom. The van der Waals surface area contributed by atoms with E-state index in [4.69, 9.17) is 0 Å². The molecule has 178 valence electrons. The average Bonchev–Trinajstić information content (AvgIpc) is 3.25. The summed E-state index contributed by atoms with van der Waals surface area (Å²) < 4.78 is 1.51. The minimum absolute atomic E-state index is 0. The van der Waals surface area contributed by atoms with E-state index in [1.807, 2.05) is 6.08 Å². The molecule has 2 aromatic rings. The minimum atomic E-state index is 0. The molecule has 0 N–H and O–H groups in total. The number of hydrogen-bond acceptors (Lipinski definition) is 0. The maximum Gasteiger partial charge on any atom is -0.147 e. The van der Waals surface area contributed by atoms with Gasteiger partial charge in [0.2, 0.25) is 0 Å². The molecular weight excluding hydrogens is 522 g/mol. The van der Waals surface area contributed by atoms with Crippen molar-refractivity contribution in [2.24, 2.45) is 0 Å². The standard InChI is InChI=1S/C21H25.C6H7.C3H6.2ClH.Zr/c1-20(2,3)16-7-9-18-14(12-16)11-15-13-17(21(4,5)6)8-10-19(15)18;1-6-4-2-3-5-6;1-3-2;;;/h7-10,12H,11H2,1-6H3;4-5H,2H2,1H3;1-2H3;2*1H;/q2*-1;;;;+2. The maximum absolute atomic E-state index is 3.67. The van der Waals surface area contributed by atoms with Gasteiger partial charge in [-0.3, -0.25) is 6.08 Å². The number of hydrogen-bond donors (Lipinski definition) is 0. The third kappa shape index (κ3) is 9.80. The first kappa shape index (κ1) is 32.3. The molecule has 0 saturated carbocycles. The SMILES string of the molecule is CC(C)(C)c1[c-]c2c(cc1)-c1ccc(C(C)(C)C)cc1C2.CC1=CC[C-]=C1.C[C](C)=[Zr+2].Cl.Cl. The number of allylic oxidation sites excluding steroid dienone is 4. The maximum atomic E-state index is 3.67. The van der Waals surface area contributed by atoms with Crippen LogP contribution in [0.4, 0.5) is 0 Å². The van der Waals surface area contributed by atoms with Crippen LogP contribution in [0.5, 0.6) is 0 Å². The topological polar surface area (TPSA) is 0 Å². The predicted octanol–water partition coefficient (Wildman–Crippen LogP) is 8.94. The van der Waals surface area contributed by atoms with Crippen LogP contribution in [-0.4, -0.2) is 3.21 Å². The van der Waals surface area contributed by atoms with Gasteiger partial charge >= 0.3 is 41.3 Å². The van der Waals surface area contributed by atoms with Crippen LogP contribution in [0.3, 0.4) is 0 Å². The second-order valence-electron chi connectivity index (χ2n) is 10.8. The number of rotatable bonds is 0. The molecule has 0 aromatic heterocycles. The Morgan fingerprint density at radius 1 is 0.879 bits per heavy atom. The molecule has 0 atom stereocenters. The van der Waals surface area contributed by atoms with Gasteiger partial charge in [0.05, 0.1) is 0 Å². The third-order valence-electron chi connectivity index (χ3n) is 5.34. The summed E-state index contributed by atoms with van der Waals surface area (Å²) in [7, 11) is 0. The first-order chi connectivity index (χ1) is 14.3. The zero-order chi connectivity index (χ0) is 23.4.